The molecular weight excluding hydrogens is 332 g/mol. The highest BCUT2D eigenvalue weighted by atomic mass is 35.5. The minimum Gasteiger partial charge on any atom is -0.468 e. The zero-order chi connectivity index (χ0) is 18.2. The second kappa shape index (κ2) is 9.49. The quantitative estimate of drug-likeness (QED) is 0.734. The van der Waals surface area contributed by atoms with Crippen LogP contribution in [-0.4, -0.2) is 43.9 Å². The van der Waals surface area contributed by atoms with Crippen LogP contribution in [0.3, 0.4) is 0 Å². The number of alkyl carbamates (subject to hydrolysis) is 1. The molecule has 0 bridgehead atoms. The Hall–Kier alpha value is -1.79. The van der Waals surface area contributed by atoms with Gasteiger partial charge in [-0.15, -0.1) is 0 Å². The van der Waals surface area contributed by atoms with Crippen LogP contribution < -0.4 is 10.6 Å². The Morgan fingerprint density at radius 3 is 2.38 bits per heavy atom. The number of carbonyl (C=O) groups is 2. The topological polar surface area (TPSA) is 76.7 Å². The van der Waals surface area contributed by atoms with Crippen molar-refractivity contribution in [1.29, 1.82) is 0 Å². The van der Waals surface area contributed by atoms with Crippen LogP contribution in [0.1, 0.15) is 26.3 Å². The van der Waals surface area contributed by atoms with Crippen molar-refractivity contribution in [2.24, 2.45) is 0 Å². The maximum atomic E-state index is 12.0. The van der Waals surface area contributed by atoms with Gasteiger partial charge >= 0.3 is 12.1 Å². The fraction of sp³-hybridized carbons (Fsp3) is 0.529. The number of hydrogen-bond acceptors (Lipinski definition) is 5. The molecule has 134 valence electrons. The summed E-state index contributed by atoms with van der Waals surface area (Å²) in [6, 6.07) is 7.14. The van der Waals surface area contributed by atoms with E-state index in [9.17, 15) is 9.59 Å². The third kappa shape index (κ3) is 8.74. The number of hydrogen-bond donors (Lipinski definition) is 2. The Labute approximate surface area is 147 Å². The predicted molar refractivity (Wildman–Crippen MR) is 93.2 cm³/mol. The summed E-state index contributed by atoms with van der Waals surface area (Å²) >= 11 is 5.89. The lowest BCUT2D eigenvalue weighted by Crippen LogP contribution is -2.46. The highest BCUT2D eigenvalue weighted by Gasteiger charge is 2.20. The molecule has 1 unspecified atom stereocenters. The second-order valence-electron chi connectivity index (χ2n) is 6.38. The second-order valence-corrected chi connectivity index (χ2v) is 6.82. The van der Waals surface area contributed by atoms with Gasteiger partial charge in [0.1, 0.15) is 5.60 Å². The summed E-state index contributed by atoms with van der Waals surface area (Å²) in [7, 11) is 1.33. The van der Waals surface area contributed by atoms with Crippen molar-refractivity contribution in [2.75, 3.05) is 20.2 Å². The van der Waals surface area contributed by atoms with Gasteiger partial charge in [0, 0.05) is 17.6 Å². The molecule has 1 rings (SSSR count). The van der Waals surface area contributed by atoms with E-state index in [1.165, 1.54) is 7.11 Å². The van der Waals surface area contributed by atoms with E-state index in [1.54, 1.807) is 32.9 Å². The molecule has 0 aliphatic heterocycles. The SMILES string of the molecule is COC(=O)CNCC(Cc1ccc(Cl)cc1)NC(=O)OC(C)(C)C. The first kappa shape index (κ1) is 20.3. The average molecular weight is 357 g/mol. The number of halogens is 1. The van der Waals surface area contributed by atoms with Gasteiger partial charge in [-0.05, 0) is 44.9 Å². The van der Waals surface area contributed by atoms with Crippen LogP contribution in [-0.2, 0) is 20.7 Å². The minimum absolute atomic E-state index is 0.0730. The van der Waals surface area contributed by atoms with E-state index in [-0.39, 0.29) is 18.6 Å². The smallest absolute Gasteiger partial charge is 0.407 e. The first-order valence-electron chi connectivity index (χ1n) is 7.71. The predicted octanol–water partition coefficient (Wildman–Crippen LogP) is 2.54. The number of carbonyl (C=O) groups excluding carboxylic acids is 2. The van der Waals surface area contributed by atoms with Gasteiger partial charge in [-0.2, -0.15) is 0 Å². The molecular formula is C17H25ClN2O4. The van der Waals surface area contributed by atoms with E-state index < -0.39 is 11.7 Å². The van der Waals surface area contributed by atoms with Crippen LogP contribution >= 0.6 is 11.6 Å². The molecule has 0 radical (unpaired) electrons. The van der Waals surface area contributed by atoms with Gasteiger partial charge in [0.2, 0.25) is 0 Å². The lowest BCUT2D eigenvalue weighted by atomic mass is 10.1. The Balaban J connectivity index is 2.65. The van der Waals surface area contributed by atoms with E-state index in [0.29, 0.717) is 18.0 Å². The van der Waals surface area contributed by atoms with Crippen molar-refractivity contribution in [3.05, 3.63) is 34.9 Å². The molecule has 0 aromatic heterocycles. The molecule has 6 nitrogen and oxygen atoms in total. The number of nitrogens with one attached hydrogen (secondary N) is 2. The molecule has 1 aromatic carbocycles. The molecule has 24 heavy (non-hydrogen) atoms. The Kier molecular flexibility index (Phi) is 8.01. The fourth-order valence-corrected chi connectivity index (χ4v) is 2.10. The van der Waals surface area contributed by atoms with E-state index in [2.05, 4.69) is 15.4 Å². The normalized spacial score (nSPS) is 12.4. The Bertz CT molecular complexity index is 541. The number of ether oxygens (including phenoxy) is 2. The van der Waals surface area contributed by atoms with Crippen LogP contribution in [0.25, 0.3) is 0 Å². The number of rotatable bonds is 7. The zero-order valence-corrected chi connectivity index (χ0v) is 15.3. The molecule has 0 heterocycles. The molecule has 7 heteroatoms. The highest BCUT2D eigenvalue weighted by Crippen LogP contribution is 2.12. The summed E-state index contributed by atoms with van der Waals surface area (Å²) < 4.78 is 9.87. The van der Waals surface area contributed by atoms with Crippen LogP contribution in [0.4, 0.5) is 4.79 Å². The number of esters is 1. The maximum absolute atomic E-state index is 12.0. The molecule has 1 amide bonds. The van der Waals surface area contributed by atoms with E-state index >= 15 is 0 Å². The van der Waals surface area contributed by atoms with Gasteiger partial charge in [-0.25, -0.2) is 4.79 Å². The van der Waals surface area contributed by atoms with Gasteiger partial charge in [0.05, 0.1) is 13.7 Å². The summed E-state index contributed by atoms with van der Waals surface area (Å²) in [6.07, 6.45) is 0.0752. The van der Waals surface area contributed by atoms with Crippen molar-refractivity contribution < 1.29 is 19.1 Å². The molecule has 0 saturated heterocycles. The van der Waals surface area contributed by atoms with Gasteiger partial charge in [-0.1, -0.05) is 23.7 Å². The van der Waals surface area contributed by atoms with Crippen LogP contribution in [0.2, 0.25) is 5.02 Å². The third-order valence-electron chi connectivity index (χ3n) is 3.00. The van der Waals surface area contributed by atoms with Crippen molar-refractivity contribution in [1.82, 2.24) is 10.6 Å². The van der Waals surface area contributed by atoms with Gasteiger partial charge < -0.3 is 20.1 Å². The van der Waals surface area contributed by atoms with Crippen molar-refractivity contribution >= 4 is 23.7 Å². The summed E-state index contributed by atoms with van der Waals surface area (Å²) in [5.41, 5.74) is 0.439. The number of methoxy groups -OCH3 is 1. The first-order chi connectivity index (χ1) is 11.2. The third-order valence-corrected chi connectivity index (χ3v) is 3.26. The number of benzene rings is 1. The van der Waals surface area contributed by atoms with E-state index in [0.717, 1.165) is 5.56 Å². The summed E-state index contributed by atoms with van der Waals surface area (Å²) in [4.78, 5) is 23.2. The minimum atomic E-state index is -0.575. The summed E-state index contributed by atoms with van der Waals surface area (Å²) in [5.74, 6) is -0.363. The highest BCUT2D eigenvalue weighted by molar-refractivity contribution is 6.30. The summed E-state index contributed by atoms with van der Waals surface area (Å²) in [6.45, 7) is 5.88. The standard InChI is InChI=1S/C17H25ClN2O4/c1-17(2,3)24-16(22)20-14(10-19-11-15(21)23-4)9-12-5-7-13(18)8-6-12/h5-8,14,19H,9-11H2,1-4H3,(H,20,22). The summed E-state index contributed by atoms with van der Waals surface area (Å²) in [5, 5.41) is 6.44. The van der Waals surface area contributed by atoms with Gasteiger partial charge in [0.15, 0.2) is 0 Å². The van der Waals surface area contributed by atoms with Crippen LogP contribution in [0, 0.1) is 0 Å². The lowest BCUT2D eigenvalue weighted by Gasteiger charge is -2.24. The monoisotopic (exact) mass is 356 g/mol. The Morgan fingerprint density at radius 2 is 1.83 bits per heavy atom. The van der Waals surface area contributed by atoms with Crippen molar-refractivity contribution in [3.63, 3.8) is 0 Å². The molecule has 2 N–H and O–H groups in total. The van der Waals surface area contributed by atoms with Crippen LogP contribution in [0.15, 0.2) is 24.3 Å². The molecule has 0 fully saturated rings. The average Bonchev–Trinajstić information content (AvgIpc) is 2.47. The van der Waals surface area contributed by atoms with Gasteiger partial charge in [0.25, 0.3) is 0 Å². The molecule has 0 aliphatic rings. The number of amides is 1. The maximum Gasteiger partial charge on any atom is 0.407 e. The van der Waals surface area contributed by atoms with Crippen molar-refractivity contribution in [2.45, 2.75) is 38.8 Å². The molecule has 0 spiro atoms. The molecule has 1 atom stereocenters. The Morgan fingerprint density at radius 1 is 1.21 bits per heavy atom. The molecule has 0 saturated carbocycles. The van der Waals surface area contributed by atoms with E-state index in [4.69, 9.17) is 16.3 Å². The fourth-order valence-electron chi connectivity index (χ4n) is 1.97. The molecule has 0 aliphatic carbocycles. The van der Waals surface area contributed by atoms with Gasteiger partial charge in [-0.3, -0.25) is 4.79 Å². The van der Waals surface area contributed by atoms with Crippen LogP contribution in [0.5, 0.6) is 0 Å². The molecule has 1 aromatic rings. The first-order valence-corrected chi connectivity index (χ1v) is 8.09. The van der Waals surface area contributed by atoms with E-state index in [1.807, 2.05) is 12.1 Å². The largest absolute Gasteiger partial charge is 0.468 e. The van der Waals surface area contributed by atoms with Crippen molar-refractivity contribution in [3.8, 4) is 0 Å². The lowest BCUT2D eigenvalue weighted by molar-refractivity contribution is -0.139. The zero-order valence-electron chi connectivity index (χ0n) is 14.5.